The summed E-state index contributed by atoms with van der Waals surface area (Å²) in [6, 6.07) is 10.1. The van der Waals surface area contributed by atoms with Crippen molar-refractivity contribution in [3.05, 3.63) is 57.6 Å². The Morgan fingerprint density at radius 3 is 3.04 bits per heavy atom. The fourth-order valence-electron chi connectivity index (χ4n) is 2.70. The Morgan fingerprint density at radius 2 is 2.28 bits per heavy atom. The van der Waals surface area contributed by atoms with E-state index in [1.807, 2.05) is 26.0 Å². The normalized spacial score (nSPS) is 15.7. The average molecular weight is 341 g/mol. The molecule has 1 atom stereocenters. The maximum absolute atomic E-state index is 10.8. The lowest BCUT2D eigenvalue weighted by Crippen LogP contribution is -2.05. The second-order valence-corrected chi connectivity index (χ2v) is 5.74. The summed E-state index contributed by atoms with van der Waals surface area (Å²) in [7, 11) is 0. The highest BCUT2D eigenvalue weighted by Crippen LogP contribution is 2.34. The van der Waals surface area contributed by atoms with E-state index in [0.29, 0.717) is 12.3 Å². The van der Waals surface area contributed by atoms with Crippen molar-refractivity contribution in [3.63, 3.8) is 0 Å². The molecule has 2 aromatic rings. The number of nitro benzene ring substituents is 1. The van der Waals surface area contributed by atoms with Gasteiger partial charge in [-0.2, -0.15) is 5.10 Å². The molecule has 0 saturated heterocycles. The lowest BCUT2D eigenvalue weighted by atomic mass is 10.1. The number of nitrogens with zero attached hydrogens (tertiary/aromatic N) is 2. The lowest BCUT2D eigenvalue weighted by molar-refractivity contribution is -0.384. The van der Waals surface area contributed by atoms with Crippen molar-refractivity contribution in [2.24, 2.45) is 5.10 Å². The first-order valence-corrected chi connectivity index (χ1v) is 8.06. The molecular formula is C18H19N3O4. The quantitative estimate of drug-likeness (QED) is 0.491. The van der Waals surface area contributed by atoms with Gasteiger partial charge in [0.15, 0.2) is 0 Å². The van der Waals surface area contributed by atoms with Crippen LogP contribution in [0.3, 0.4) is 0 Å². The van der Waals surface area contributed by atoms with E-state index < -0.39 is 4.92 Å². The number of non-ortho nitro benzene ring substituents is 1. The molecule has 0 bridgehead atoms. The molecule has 1 aliphatic rings. The molecular weight excluding hydrogens is 322 g/mol. The van der Waals surface area contributed by atoms with Crippen LogP contribution in [0.1, 0.15) is 25.0 Å². The van der Waals surface area contributed by atoms with E-state index >= 15 is 0 Å². The van der Waals surface area contributed by atoms with E-state index in [1.165, 1.54) is 12.1 Å². The van der Waals surface area contributed by atoms with Gasteiger partial charge in [-0.25, -0.2) is 0 Å². The lowest BCUT2D eigenvalue weighted by Gasteiger charge is -2.09. The monoisotopic (exact) mass is 341 g/mol. The summed E-state index contributed by atoms with van der Waals surface area (Å²) in [5.74, 6) is 1.58. The summed E-state index contributed by atoms with van der Waals surface area (Å²) in [6.45, 7) is 4.50. The van der Waals surface area contributed by atoms with Crippen molar-refractivity contribution in [1.82, 2.24) is 0 Å². The topological polar surface area (TPSA) is 86.0 Å². The number of nitrogens with one attached hydrogen (secondary N) is 1. The van der Waals surface area contributed by atoms with Gasteiger partial charge in [-0.15, -0.1) is 0 Å². The Kier molecular flexibility index (Phi) is 4.83. The predicted molar refractivity (Wildman–Crippen MR) is 95.7 cm³/mol. The van der Waals surface area contributed by atoms with Gasteiger partial charge in [0.05, 0.1) is 23.4 Å². The van der Waals surface area contributed by atoms with Gasteiger partial charge in [-0.1, -0.05) is 6.07 Å². The summed E-state index contributed by atoms with van der Waals surface area (Å²) in [5.41, 5.74) is 5.26. The molecule has 0 aliphatic carbocycles. The third kappa shape index (κ3) is 3.88. The third-order valence-corrected chi connectivity index (χ3v) is 3.78. The molecule has 0 fully saturated rings. The van der Waals surface area contributed by atoms with Crippen LogP contribution in [-0.4, -0.2) is 23.8 Å². The molecule has 0 radical (unpaired) electrons. The van der Waals surface area contributed by atoms with E-state index in [4.69, 9.17) is 9.47 Å². The van der Waals surface area contributed by atoms with Crippen LogP contribution in [0.4, 0.5) is 11.4 Å². The van der Waals surface area contributed by atoms with Crippen molar-refractivity contribution in [2.45, 2.75) is 26.4 Å². The molecule has 0 unspecified atom stereocenters. The number of hydrogen-bond acceptors (Lipinski definition) is 6. The molecule has 0 saturated carbocycles. The average Bonchev–Trinajstić information content (AvgIpc) is 2.94. The summed E-state index contributed by atoms with van der Waals surface area (Å²) in [6.07, 6.45) is 2.63. The fraction of sp³-hybridized carbons (Fsp3) is 0.278. The van der Waals surface area contributed by atoms with E-state index in [2.05, 4.69) is 10.5 Å². The standard InChI is InChI=1S/C18H19N3O4/c1-3-24-17-8-13-7-12(2)25-18(13)9-14(17)11-19-20-15-5-4-6-16(10-15)21(22)23/h4-6,8-12,20H,3,7H2,1-2H3/b19-11-/t12-/m1/s1. The van der Waals surface area contributed by atoms with Crippen LogP contribution in [0, 0.1) is 10.1 Å². The Balaban J connectivity index is 1.80. The van der Waals surface area contributed by atoms with Gasteiger partial charge in [0, 0.05) is 29.7 Å². The molecule has 1 heterocycles. The molecule has 1 N–H and O–H groups in total. The van der Waals surface area contributed by atoms with Crippen LogP contribution in [0.2, 0.25) is 0 Å². The van der Waals surface area contributed by atoms with E-state index in [-0.39, 0.29) is 11.8 Å². The number of hydrogen-bond donors (Lipinski definition) is 1. The Bertz CT molecular complexity index is 820. The number of anilines is 1. The first-order valence-electron chi connectivity index (χ1n) is 8.06. The van der Waals surface area contributed by atoms with Crippen molar-refractivity contribution in [1.29, 1.82) is 0 Å². The van der Waals surface area contributed by atoms with Crippen LogP contribution in [0.5, 0.6) is 11.5 Å². The second kappa shape index (κ2) is 7.21. The van der Waals surface area contributed by atoms with Crippen LogP contribution in [0.15, 0.2) is 41.5 Å². The summed E-state index contributed by atoms with van der Waals surface area (Å²) in [4.78, 5) is 10.4. The van der Waals surface area contributed by atoms with Gasteiger partial charge in [0.25, 0.3) is 5.69 Å². The molecule has 3 rings (SSSR count). The van der Waals surface area contributed by atoms with Crippen molar-refractivity contribution >= 4 is 17.6 Å². The van der Waals surface area contributed by atoms with Gasteiger partial charge in [-0.3, -0.25) is 15.5 Å². The molecule has 7 heteroatoms. The van der Waals surface area contributed by atoms with E-state index in [0.717, 1.165) is 29.0 Å². The maximum Gasteiger partial charge on any atom is 0.271 e. The largest absolute Gasteiger partial charge is 0.493 e. The zero-order valence-electron chi connectivity index (χ0n) is 14.1. The summed E-state index contributed by atoms with van der Waals surface area (Å²) in [5, 5.41) is 15.0. The first kappa shape index (κ1) is 16.8. The van der Waals surface area contributed by atoms with Crippen molar-refractivity contribution in [2.75, 3.05) is 12.0 Å². The van der Waals surface area contributed by atoms with Crippen LogP contribution < -0.4 is 14.9 Å². The molecule has 0 aromatic heterocycles. The molecule has 0 spiro atoms. The minimum atomic E-state index is -0.443. The molecule has 0 amide bonds. The minimum Gasteiger partial charge on any atom is -0.493 e. The number of hydrazone groups is 1. The number of fused-ring (bicyclic) bond motifs is 1. The molecule has 130 valence electrons. The van der Waals surface area contributed by atoms with Gasteiger partial charge in [0.1, 0.15) is 17.6 Å². The highest BCUT2D eigenvalue weighted by molar-refractivity contribution is 5.85. The Hall–Kier alpha value is -3.09. The van der Waals surface area contributed by atoms with Crippen LogP contribution in [0.25, 0.3) is 0 Å². The van der Waals surface area contributed by atoms with Gasteiger partial charge in [0.2, 0.25) is 0 Å². The number of benzene rings is 2. The minimum absolute atomic E-state index is 0.00937. The van der Waals surface area contributed by atoms with Crippen molar-refractivity contribution < 1.29 is 14.4 Å². The molecule has 1 aliphatic heterocycles. The smallest absolute Gasteiger partial charge is 0.271 e. The fourth-order valence-corrected chi connectivity index (χ4v) is 2.70. The van der Waals surface area contributed by atoms with Crippen LogP contribution in [-0.2, 0) is 6.42 Å². The SMILES string of the molecule is CCOc1cc2c(cc1/C=N\Nc1cccc([N+](=O)[O-])c1)O[C@H](C)C2. The maximum atomic E-state index is 10.8. The van der Waals surface area contributed by atoms with Gasteiger partial charge < -0.3 is 9.47 Å². The zero-order chi connectivity index (χ0) is 17.8. The molecule has 7 nitrogen and oxygen atoms in total. The summed E-state index contributed by atoms with van der Waals surface area (Å²) < 4.78 is 11.5. The summed E-state index contributed by atoms with van der Waals surface area (Å²) >= 11 is 0. The highest BCUT2D eigenvalue weighted by atomic mass is 16.6. The Morgan fingerprint density at radius 1 is 1.44 bits per heavy atom. The third-order valence-electron chi connectivity index (χ3n) is 3.78. The Labute approximate surface area is 145 Å². The van der Waals surface area contributed by atoms with Gasteiger partial charge in [-0.05, 0) is 32.0 Å². The van der Waals surface area contributed by atoms with Crippen LogP contribution >= 0.6 is 0 Å². The number of rotatable bonds is 6. The van der Waals surface area contributed by atoms with Gasteiger partial charge >= 0.3 is 0 Å². The zero-order valence-corrected chi connectivity index (χ0v) is 14.1. The van der Waals surface area contributed by atoms with E-state index in [9.17, 15) is 10.1 Å². The van der Waals surface area contributed by atoms with E-state index in [1.54, 1.807) is 18.3 Å². The molecule has 25 heavy (non-hydrogen) atoms. The second-order valence-electron chi connectivity index (χ2n) is 5.74. The molecule has 2 aromatic carbocycles. The predicted octanol–water partition coefficient (Wildman–Crippen LogP) is 3.76. The first-order chi connectivity index (χ1) is 12.1. The number of nitro groups is 1. The number of ether oxygens (including phenoxy) is 2. The highest BCUT2D eigenvalue weighted by Gasteiger charge is 2.21. The van der Waals surface area contributed by atoms with Crippen molar-refractivity contribution in [3.8, 4) is 11.5 Å².